The monoisotopic (exact) mass is 256 g/mol. The molecule has 0 saturated carbocycles. The number of methoxy groups -OCH3 is 1. The Balaban J connectivity index is 2.88. The molecule has 0 fully saturated rings. The highest BCUT2D eigenvalue weighted by atomic mass is 19.1. The van der Waals surface area contributed by atoms with Crippen LogP contribution in [0, 0.1) is 5.82 Å². The topological polar surface area (TPSA) is 102 Å². The van der Waals surface area contributed by atoms with Crippen LogP contribution in [0.25, 0.3) is 0 Å². The number of hydrogen-bond acceptors (Lipinski definition) is 4. The molecule has 0 aromatic heterocycles. The number of amides is 1. The molecular weight excluding hydrogens is 243 g/mol. The highest BCUT2D eigenvalue weighted by Gasteiger charge is 2.18. The van der Waals surface area contributed by atoms with E-state index in [1.54, 1.807) is 0 Å². The minimum atomic E-state index is -1.16. The SMILES string of the molecule is COC(CNc1cccc(F)c1C(N)=O)C(=O)O. The number of carbonyl (C=O) groups excluding carboxylic acids is 1. The quantitative estimate of drug-likeness (QED) is 0.685. The van der Waals surface area contributed by atoms with Crippen LogP contribution in [0.4, 0.5) is 10.1 Å². The molecule has 18 heavy (non-hydrogen) atoms. The number of halogens is 1. The van der Waals surface area contributed by atoms with Crippen molar-refractivity contribution in [2.45, 2.75) is 6.10 Å². The zero-order chi connectivity index (χ0) is 13.7. The van der Waals surface area contributed by atoms with E-state index >= 15 is 0 Å². The van der Waals surface area contributed by atoms with Crippen LogP contribution in [0.1, 0.15) is 10.4 Å². The van der Waals surface area contributed by atoms with Gasteiger partial charge in [0.15, 0.2) is 6.10 Å². The fourth-order valence-electron chi connectivity index (χ4n) is 1.40. The Morgan fingerprint density at radius 2 is 2.22 bits per heavy atom. The fraction of sp³-hybridized carbons (Fsp3) is 0.273. The number of benzene rings is 1. The van der Waals surface area contributed by atoms with Gasteiger partial charge in [0.25, 0.3) is 5.91 Å². The van der Waals surface area contributed by atoms with E-state index in [1.807, 2.05) is 0 Å². The number of carboxylic acids is 1. The maximum atomic E-state index is 13.4. The Kier molecular flexibility index (Phi) is 4.61. The zero-order valence-corrected chi connectivity index (χ0v) is 9.64. The Hall–Kier alpha value is -2.15. The van der Waals surface area contributed by atoms with Crippen molar-refractivity contribution in [3.8, 4) is 0 Å². The molecule has 0 bridgehead atoms. The summed E-state index contributed by atoms with van der Waals surface area (Å²) in [7, 11) is 1.24. The normalized spacial score (nSPS) is 11.9. The van der Waals surface area contributed by atoms with Crippen LogP contribution in [0.15, 0.2) is 18.2 Å². The third kappa shape index (κ3) is 3.17. The molecule has 0 aliphatic rings. The van der Waals surface area contributed by atoms with Crippen LogP contribution in [-0.4, -0.2) is 36.7 Å². The van der Waals surface area contributed by atoms with E-state index in [9.17, 15) is 14.0 Å². The maximum absolute atomic E-state index is 13.4. The molecule has 0 aliphatic heterocycles. The third-order valence-electron chi connectivity index (χ3n) is 2.30. The smallest absolute Gasteiger partial charge is 0.334 e. The molecule has 4 N–H and O–H groups in total. The minimum Gasteiger partial charge on any atom is -0.479 e. The summed E-state index contributed by atoms with van der Waals surface area (Å²) in [6, 6.07) is 3.90. The van der Waals surface area contributed by atoms with Gasteiger partial charge in [-0.15, -0.1) is 0 Å². The summed E-state index contributed by atoms with van der Waals surface area (Å²) in [5.74, 6) is -2.86. The highest BCUT2D eigenvalue weighted by molar-refractivity contribution is 5.98. The van der Waals surface area contributed by atoms with Crippen molar-refractivity contribution in [3.63, 3.8) is 0 Å². The van der Waals surface area contributed by atoms with E-state index in [0.29, 0.717) is 0 Å². The van der Waals surface area contributed by atoms with E-state index in [1.165, 1.54) is 19.2 Å². The molecule has 1 unspecified atom stereocenters. The number of nitrogens with two attached hydrogens (primary N) is 1. The predicted molar refractivity (Wildman–Crippen MR) is 61.8 cm³/mol. The standard InChI is InChI=1S/C11H13FN2O4/c1-18-8(11(16)17)5-14-7-4-2-3-6(12)9(7)10(13)15/h2-4,8,14H,5H2,1H3,(H2,13,15)(H,16,17). The average Bonchev–Trinajstić information content (AvgIpc) is 2.28. The number of carboxylic acid groups (broad SMARTS) is 1. The molecule has 98 valence electrons. The lowest BCUT2D eigenvalue weighted by molar-refractivity contribution is -0.147. The van der Waals surface area contributed by atoms with Crippen molar-refractivity contribution in [1.29, 1.82) is 0 Å². The largest absolute Gasteiger partial charge is 0.479 e. The van der Waals surface area contributed by atoms with Crippen molar-refractivity contribution < 1.29 is 23.8 Å². The van der Waals surface area contributed by atoms with Crippen LogP contribution in [-0.2, 0) is 9.53 Å². The summed E-state index contributed by atoms with van der Waals surface area (Å²) < 4.78 is 18.1. The summed E-state index contributed by atoms with van der Waals surface area (Å²) in [6.45, 7) is -0.116. The summed E-state index contributed by atoms with van der Waals surface area (Å²) in [5.41, 5.74) is 4.87. The Morgan fingerprint density at radius 3 is 2.72 bits per heavy atom. The van der Waals surface area contributed by atoms with Crippen LogP contribution < -0.4 is 11.1 Å². The Labute approximate surface area is 103 Å². The molecule has 6 nitrogen and oxygen atoms in total. The van der Waals surface area contributed by atoms with Gasteiger partial charge in [-0.2, -0.15) is 0 Å². The van der Waals surface area contributed by atoms with Crippen LogP contribution in [0.2, 0.25) is 0 Å². The average molecular weight is 256 g/mol. The molecule has 0 radical (unpaired) electrons. The van der Waals surface area contributed by atoms with Crippen molar-refractivity contribution in [3.05, 3.63) is 29.6 Å². The third-order valence-corrected chi connectivity index (χ3v) is 2.30. The van der Waals surface area contributed by atoms with E-state index in [0.717, 1.165) is 6.07 Å². The molecule has 0 spiro atoms. The van der Waals surface area contributed by atoms with Gasteiger partial charge in [-0.1, -0.05) is 6.07 Å². The molecule has 1 rings (SSSR count). The van der Waals surface area contributed by atoms with Crippen LogP contribution in [0.3, 0.4) is 0 Å². The van der Waals surface area contributed by atoms with E-state index in [2.05, 4.69) is 5.32 Å². The molecule has 0 heterocycles. The number of nitrogens with one attached hydrogen (secondary N) is 1. The van der Waals surface area contributed by atoms with Gasteiger partial charge in [0, 0.05) is 7.11 Å². The lowest BCUT2D eigenvalue weighted by Crippen LogP contribution is -2.31. The van der Waals surface area contributed by atoms with Crippen molar-refractivity contribution in [2.24, 2.45) is 5.73 Å². The predicted octanol–water partition coefficient (Wildman–Crippen LogP) is 0.436. The van der Waals surface area contributed by atoms with Gasteiger partial charge in [0.05, 0.1) is 17.8 Å². The van der Waals surface area contributed by atoms with Crippen molar-refractivity contribution >= 4 is 17.6 Å². The maximum Gasteiger partial charge on any atom is 0.334 e. The highest BCUT2D eigenvalue weighted by Crippen LogP contribution is 2.18. The van der Waals surface area contributed by atoms with E-state index in [4.69, 9.17) is 15.6 Å². The van der Waals surface area contributed by atoms with Gasteiger partial charge in [-0.25, -0.2) is 9.18 Å². The van der Waals surface area contributed by atoms with E-state index < -0.39 is 23.8 Å². The number of hydrogen-bond donors (Lipinski definition) is 3. The number of ether oxygens (including phenoxy) is 1. The first-order valence-electron chi connectivity index (χ1n) is 5.05. The van der Waals surface area contributed by atoms with Gasteiger partial charge in [-0.05, 0) is 12.1 Å². The summed E-state index contributed by atoms with van der Waals surface area (Å²) in [5, 5.41) is 11.4. The molecule has 0 aliphatic carbocycles. The Bertz CT molecular complexity index is 464. The van der Waals surface area contributed by atoms with Gasteiger partial charge < -0.3 is 20.9 Å². The lowest BCUT2D eigenvalue weighted by atomic mass is 10.1. The van der Waals surface area contributed by atoms with Crippen LogP contribution >= 0.6 is 0 Å². The first-order valence-corrected chi connectivity index (χ1v) is 5.05. The second-order valence-corrected chi connectivity index (χ2v) is 3.47. The summed E-state index contributed by atoms with van der Waals surface area (Å²) in [6.07, 6.45) is -1.10. The number of carbonyl (C=O) groups is 2. The van der Waals surface area contributed by atoms with Gasteiger partial charge in [0.1, 0.15) is 5.82 Å². The molecular formula is C11H13FN2O4. The van der Waals surface area contributed by atoms with Gasteiger partial charge >= 0.3 is 5.97 Å². The second kappa shape index (κ2) is 5.97. The number of anilines is 1. The fourth-order valence-corrected chi connectivity index (χ4v) is 1.40. The first-order chi connectivity index (χ1) is 8.47. The molecule has 7 heteroatoms. The molecule has 0 saturated heterocycles. The molecule has 1 atom stereocenters. The van der Waals surface area contributed by atoms with Gasteiger partial charge in [-0.3, -0.25) is 4.79 Å². The Morgan fingerprint density at radius 1 is 1.56 bits per heavy atom. The number of aliphatic carboxylic acids is 1. The summed E-state index contributed by atoms with van der Waals surface area (Å²) in [4.78, 5) is 21.8. The lowest BCUT2D eigenvalue weighted by Gasteiger charge is -2.14. The van der Waals surface area contributed by atoms with Crippen LogP contribution in [0.5, 0.6) is 0 Å². The van der Waals surface area contributed by atoms with Crippen molar-refractivity contribution in [1.82, 2.24) is 0 Å². The first kappa shape index (κ1) is 13.9. The zero-order valence-electron chi connectivity index (χ0n) is 9.64. The molecule has 1 aromatic carbocycles. The minimum absolute atomic E-state index is 0.116. The van der Waals surface area contributed by atoms with E-state index in [-0.39, 0.29) is 17.8 Å². The number of primary amides is 1. The van der Waals surface area contributed by atoms with Crippen molar-refractivity contribution in [2.75, 3.05) is 19.0 Å². The second-order valence-electron chi connectivity index (χ2n) is 3.47. The van der Waals surface area contributed by atoms with Gasteiger partial charge in [0.2, 0.25) is 0 Å². The molecule has 1 aromatic rings. The summed E-state index contributed by atoms with van der Waals surface area (Å²) >= 11 is 0. The molecule has 1 amide bonds. The number of rotatable bonds is 6.